The molecule has 458 valence electrons. The average Bonchev–Trinajstić information content (AvgIpc) is 2.93. The lowest BCUT2D eigenvalue weighted by Crippen LogP contribution is -2.59. The zero-order valence-electron chi connectivity index (χ0n) is 51.3. The molecular formula is C66H84N10O10. The van der Waals surface area contributed by atoms with Gasteiger partial charge in [-0.05, 0) is 122 Å². The number of ether oxygens (including phenoxy) is 2. The molecule has 0 aliphatic carbocycles. The number of hydrogen-bond acceptors (Lipinski definition) is 12. The van der Waals surface area contributed by atoms with Crippen LogP contribution in [0.3, 0.4) is 0 Å². The summed E-state index contributed by atoms with van der Waals surface area (Å²) in [5.41, 5.74) is 1.92. The summed E-state index contributed by atoms with van der Waals surface area (Å²) in [4.78, 5) is 117. The topological polar surface area (TPSA) is 258 Å². The van der Waals surface area contributed by atoms with Gasteiger partial charge in [0.1, 0.15) is 35.7 Å². The van der Waals surface area contributed by atoms with Crippen LogP contribution >= 0.6 is 0 Å². The van der Waals surface area contributed by atoms with E-state index in [2.05, 4.69) is 42.5 Å². The van der Waals surface area contributed by atoms with E-state index >= 15 is 0 Å². The molecule has 5 aromatic carbocycles. The molecule has 2 saturated heterocycles. The van der Waals surface area contributed by atoms with Gasteiger partial charge in [-0.25, -0.2) is 0 Å². The number of methoxy groups -OCH3 is 2. The Bertz CT molecular complexity index is 2960. The van der Waals surface area contributed by atoms with E-state index in [-0.39, 0.29) is 37.1 Å². The maximum atomic E-state index is 14.9. The number of rotatable bonds is 22. The first kappa shape index (κ1) is 64.9. The van der Waals surface area contributed by atoms with Gasteiger partial charge in [0.2, 0.25) is 35.4 Å². The van der Waals surface area contributed by atoms with Gasteiger partial charge in [0.25, 0.3) is 11.8 Å². The Morgan fingerprint density at radius 3 is 1.06 bits per heavy atom. The fourth-order valence-corrected chi connectivity index (χ4v) is 10.7. The monoisotopic (exact) mass is 1180 g/mol. The molecule has 10 atom stereocenters. The number of nitrogens with zero attached hydrogens (tertiary/aromatic N) is 2. The summed E-state index contributed by atoms with van der Waals surface area (Å²) >= 11 is 0. The van der Waals surface area contributed by atoms with Crippen LogP contribution in [0.25, 0.3) is 0 Å². The Morgan fingerprint density at radius 2 is 0.767 bits per heavy atom. The quantitative estimate of drug-likeness (QED) is 0.0446. The summed E-state index contributed by atoms with van der Waals surface area (Å²) in [5.74, 6) is -2.49. The Morgan fingerprint density at radius 1 is 0.453 bits per heavy atom. The van der Waals surface area contributed by atoms with Crippen LogP contribution in [0.4, 0.5) is 0 Å². The maximum absolute atomic E-state index is 14.9. The second kappa shape index (κ2) is 28.5. The number of carbonyl (C=O) groups is 8. The molecule has 0 saturated carbocycles. The van der Waals surface area contributed by atoms with E-state index in [1.165, 1.54) is 34.1 Å². The van der Waals surface area contributed by atoms with E-state index in [9.17, 15) is 38.4 Å². The number of nitrogens with one attached hydrogen (secondary N) is 8. The van der Waals surface area contributed by atoms with Crippen LogP contribution in [0, 0.1) is 10.8 Å². The van der Waals surface area contributed by atoms with E-state index in [0.29, 0.717) is 11.5 Å². The third kappa shape index (κ3) is 16.0. The Balaban J connectivity index is 1.11. The van der Waals surface area contributed by atoms with Crippen molar-refractivity contribution in [1.29, 1.82) is 0 Å². The Kier molecular flexibility index (Phi) is 21.5. The highest BCUT2D eigenvalue weighted by atomic mass is 16.5. The molecule has 0 radical (unpaired) electrons. The fourth-order valence-electron chi connectivity index (χ4n) is 10.7. The number of likely N-dealkylation sites (N-methyl/N-ethyl adjacent to an activating group) is 2. The summed E-state index contributed by atoms with van der Waals surface area (Å²) < 4.78 is 10.8. The zero-order valence-corrected chi connectivity index (χ0v) is 51.3. The third-order valence-electron chi connectivity index (χ3n) is 16.0. The van der Waals surface area contributed by atoms with Crippen molar-refractivity contribution in [3.8, 4) is 11.5 Å². The first-order valence-electron chi connectivity index (χ1n) is 29.1. The highest BCUT2D eigenvalue weighted by Gasteiger charge is 2.48. The average molecular weight is 1180 g/mol. The number of benzene rings is 5. The summed E-state index contributed by atoms with van der Waals surface area (Å²) in [6.07, 6.45) is 0.0792. The minimum atomic E-state index is -1.07. The second-order valence-corrected chi connectivity index (χ2v) is 24.3. The predicted octanol–water partition coefficient (Wildman–Crippen LogP) is 5.19. The lowest BCUT2D eigenvalue weighted by molar-refractivity contribution is -0.144. The number of carbonyl (C=O) groups excluding carboxylic acids is 8. The van der Waals surface area contributed by atoms with Crippen molar-refractivity contribution in [2.45, 2.75) is 129 Å². The molecular weight excluding hydrogens is 1090 g/mol. The molecule has 2 aliphatic heterocycles. The number of amides is 8. The molecule has 20 nitrogen and oxygen atoms in total. The van der Waals surface area contributed by atoms with Gasteiger partial charge in [-0.1, -0.05) is 126 Å². The van der Waals surface area contributed by atoms with Gasteiger partial charge in [-0.15, -0.1) is 0 Å². The van der Waals surface area contributed by atoms with Gasteiger partial charge >= 0.3 is 0 Å². The zero-order chi connectivity index (χ0) is 62.6. The molecule has 86 heavy (non-hydrogen) atoms. The van der Waals surface area contributed by atoms with Gasteiger partial charge in [0.05, 0.1) is 38.4 Å². The normalized spacial score (nSPS) is 18.9. The van der Waals surface area contributed by atoms with Gasteiger partial charge in [-0.2, -0.15) is 0 Å². The van der Waals surface area contributed by atoms with Crippen LogP contribution in [0.2, 0.25) is 0 Å². The lowest BCUT2D eigenvalue weighted by atomic mass is 9.85. The number of hydrogen-bond donors (Lipinski definition) is 8. The van der Waals surface area contributed by atoms with Crippen LogP contribution in [-0.2, 0) is 28.8 Å². The standard InChI is InChI=1S/C66H84N10O10/c1-39(67-9)57(77)73-55(65(3,4)5)63(83)75-37-47(35-51(75)61(81)71-53(41-19-15-13-16-20-41)43-27-31-49(85-11)32-28-43)69-59(79)45-23-25-46(26-24-45)60(80)70-48-36-52(76(38-48)64(84)56(66(6,7)8)74-58(78)40(2)68-10)62(82)72-54(42-21-17-14-18-22-42)44-29-33-50(86-12)34-30-44/h13-34,39-40,47-48,51-56,67-68H,35-38H2,1-12H3,(H,69,79)(H,70,80)(H,71,81)(H,72,82)(H,73,77)(H,74,78)/t39-,40-,47-,48-,51-,52-,53+,54?,55+,56+/m0/s1. The van der Waals surface area contributed by atoms with E-state index in [4.69, 9.17) is 9.47 Å². The van der Waals surface area contributed by atoms with Crippen molar-refractivity contribution in [3.63, 3.8) is 0 Å². The Labute approximate surface area is 504 Å². The largest absolute Gasteiger partial charge is 0.497 e. The van der Waals surface area contributed by atoms with Crippen LogP contribution in [0.5, 0.6) is 11.5 Å². The Hall–Kier alpha value is -8.62. The fraction of sp³-hybridized carbons (Fsp3) is 0.424. The summed E-state index contributed by atoms with van der Waals surface area (Å²) in [6, 6.07) is 31.2. The lowest BCUT2D eigenvalue weighted by Gasteiger charge is -2.36. The molecule has 8 amide bonds. The number of likely N-dealkylation sites (tertiary alicyclic amines) is 2. The third-order valence-corrected chi connectivity index (χ3v) is 16.0. The van der Waals surface area contributed by atoms with Crippen molar-refractivity contribution < 1.29 is 47.8 Å². The SMILES string of the molecule is CN[C@@H](C)C(=O)N[C@H](C(=O)N1C[C@@H](NC(=O)c2ccc(C(=O)N[C@H]3C[C@@H](C(=O)N[C@H](c4ccccc4)c4ccc(OC)cc4)N(C(=O)[C@@H](NC(=O)[C@H](C)NC)C(C)(C)C)C3)cc2)C[C@H]1C(=O)NC(c1ccccc1)c1ccc(OC)cc1)C(C)(C)C. The van der Waals surface area contributed by atoms with Gasteiger partial charge < -0.3 is 61.8 Å². The van der Waals surface area contributed by atoms with E-state index in [0.717, 1.165) is 22.3 Å². The predicted molar refractivity (Wildman–Crippen MR) is 328 cm³/mol. The molecule has 0 spiro atoms. The van der Waals surface area contributed by atoms with Crippen molar-refractivity contribution >= 4 is 47.3 Å². The minimum absolute atomic E-state index is 0.0396. The molecule has 8 N–H and O–H groups in total. The van der Waals surface area contributed by atoms with Crippen LogP contribution < -0.4 is 52.0 Å². The molecule has 2 aliphatic rings. The molecule has 0 aromatic heterocycles. The highest BCUT2D eigenvalue weighted by Crippen LogP contribution is 2.32. The molecule has 2 fully saturated rings. The van der Waals surface area contributed by atoms with Crippen molar-refractivity contribution in [2.75, 3.05) is 41.4 Å². The van der Waals surface area contributed by atoms with E-state index < -0.39 is 119 Å². The molecule has 20 heteroatoms. The summed E-state index contributed by atoms with van der Waals surface area (Å²) in [6.45, 7) is 14.2. The second-order valence-electron chi connectivity index (χ2n) is 24.3. The molecule has 7 rings (SSSR count). The first-order chi connectivity index (χ1) is 40.8. The van der Waals surface area contributed by atoms with Crippen molar-refractivity contribution in [3.05, 3.63) is 167 Å². The van der Waals surface area contributed by atoms with E-state index in [1.807, 2.05) is 126 Å². The molecule has 0 bridgehead atoms. The van der Waals surface area contributed by atoms with Gasteiger partial charge in [0.15, 0.2) is 0 Å². The van der Waals surface area contributed by atoms with Gasteiger partial charge in [-0.3, -0.25) is 38.4 Å². The van der Waals surface area contributed by atoms with Gasteiger partial charge in [0, 0.05) is 36.3 Å². The minimum Gasteiger partial charge on any atom is -0.497 e. The first-order valence-corrected chi connectivity index (χ1v) is 29.1. The van der Waals surface area contributed by atoms with Crippen molar-refractivity contribution in [1.82, 2.24) is 52.3 Å². The van der Waals surface area contributed by atoms with Crippen LogP contribution in [0.15, 0.2) is 133 Å². The van der Waals surface area contributed by atoms with Crippen LogP contribution in [0.1, 0.15) is 123 Å². The molecule has 2 heterocycles. The van der Waals surface area contributed by atoms with Crippen molar-refractivity contribution in [2.24, 2.45) is 10.8 Å². The maximum Gasteiger partial charge on any atom is 0.251 e. The van der Waals surface area contributed by atoms with E-state index in [1.54, 1.807) is 66.4 Å². The summed E-state index contributed by atoms with van der Waals surface area (Å²) in [5, 5.41) is 24.1. The molecule has 5 aromatic rings. The molecule has 1 unspecified atom stereocenters. The summed E-state index contributed by atoms with van der Waals surface area (Å²) in [7, 11) is 6.42. The highest BCUT2D eigenvalue weighted by molar-refractivity contribution is 5.99. The smallest absolute Gasteiger partial charge is 0.251 e. The van der Waals surface area contributed by atoms with Crippen LogP contribution in [-0.4, -0.2) is 147 Å².